The SMILES string of the molecule is C=C(C)CC.CC.CC.CCC1=C(CC(C)C(=O)c2cc(C(C)=NC)c(C)cc2C)C=CC(OCCCC2CCCCCC2)=CC1.[HH]. The van der Waals surface area contributed by atoms with E-state index in [-0.39, 0.29) is 13.1 Å². The van der Waals surface area contributed by atoms with Gasteiger partial charge >= 0.3 is 0 Å². The Labute approximate surface area is 287 Å². The second kappa shape index (κ2) is 25.4. The summed E-state index contributed by atoms with van der Waals surface area (Å²) in [6.07, 6.45) is 21.2. The molecule has 0 saturated heterocycles. The van der Waals surface area contributed by atoms with Gasteiger partial charge in [-0.25, -0.2) is 0 Å². The molecule has 3 heteroatoms. The molecule has 1 atom stereocenters. The smallest absolute Gasteiger partial charge is 0.166 e. The maximum absolute atomic E-state index is 13.6. The average Bonchev–Trinajstić information content (AvgIpc) is 3.45. The molecule has 46 heavy (non-hydrogen) atoms. The Balaban J connectivity index is 0. The van der Waals surface area contributed by atoms with E-state index < -0.39 is 0 Å². The first-order valence-corrected chi connectivity index (χ1v) is 18.6. The number of ketones is 1. The van der Waals surface area contributed by atoms with Crippen molar-refractivity contribution in [2.45, 2.75) is 153 Å². The molecule has 0 aliphatic heterocycles. The highest BCUT2D eigenvalue weighted by Crippen LogP contribution is 2.30. The predicted octanol–water partition coefficient (Wildman–Crippen LogP) is 13.5. The molecule has 0 heterocycles. The van der Waals surface area contributed by atoms with Crippen LogP contribution in [0.1, 0.15) is 168 Å². The van der Waals surface area contributed by atoms with E-state index in [0.29, 0.717) is 0 Å². The third-order valence-corrected chi connectivity index (χ3v) is 9.02. The molecule has 0 amide bonds. The normalized spacial score (nSPS) is 15.8. The largest absolute Gasteiger partial charge is 0.494 e. The van der Waals surface area contributed by atoms with E-state index in [1.54, 1.807) is 7.05 Å². The van der Waals surface area contributed by atoms with E-state index >= 15 is 0 Å². The second-order valence-corrected chi connectivity index (χ2v) is 12.5. The zero-order chi connectivity index (χ0) is 35.1. The summed E-state index contributed by atoms with van der Waals surface area (Å²) in [6.45, 7) is 27.0. The number of benzene rings is 1. The number of allylic oxidation sites excluding steroid dienone is 6. The Morgan fingerprint density at radius 2 is 1.57 bits per heavy atom. The number of hydrogen-bond donors (Lipinski definition) is 0. The van der Waals surface area contributed by atoms with Gasteiger partial charge in [0.25, 0.3) is 0 Å². The summed E-state index contributed by atoms with van der Waals surface area (Å²) in [5, 5.41) is 0. The molecule has 0 spiro atoms. The van der Waals surface area contributed by atoms with E-state index in [1.165, 1.54) is 67.2 Å². The molecule has 2 aliphatic rings. The van der Waals surface area contributed by atoms with Gasteiger partial charge in [0.2, 0.25) is 0 Å². The lowest BCUT2D eigenvalue weighted by atomic mass is 9.86. The Morgan fingerprint density at radius 3 is 2.11 bits per heavy atom. The van der Waals surface area contributed by atoms with E-state index in [9.17, 15) is 4.79 Å². The fourth-order valence-electron chi connectivity index (χ4n) is 5.94. The number of rotatable bonds is 12. The maximum Gasteiger partial charge on any atom is 0.166 e. The van der Waals surface area contributed by atoms with Gasteiger partial charge in [-0.15, -0.1) is 6.58 Å². The zero-order valence-corrected chi connectivity index (χ0v) is 32.2. The van der Waals surface area contributed by atoms with Gasteiger partial charge in [-0.1, -0.05) is 110 Å². The van der Waals surface area contributed by atoms with Gasteiger partial charge in [0.1, 0.15) is 5.76 Å². The highest BCUT2D eigenvalue weighted by Gasteiger charge is 2.21. The number of aliphatic imine (C=N–C) groups is 1. The number of hydrogen-bond acceptors (Lipinski definition) is 3. The molecule has 3 nitrogen and oxygen atoms in total. The Bertz CT molecular complexity index is 1160. The maximum atomic E-state index is 13.6. The second-order valence-electron chi connectivity index (χ2n) is 12.5. The topological polar surface area (TPSA) is 38.7 Å². The molecule has 1 aromatic rings. The van der Waals surface area contributed by atoms with Crippen LogP contribution >= 0.6 is 0 Å². The Morgan fingerprint density at radius 1 is 0.978 bits per heavy atom. The number of nitrogens with zero attached hydrogens (tertiary/aromatic N) is 1. The van der Waals surface area contributed by atoms with Crippen molar-refractivity contribution in [2.24, 2.45) is 16.8 Å². The molecule has 0 aromatic heterocycles. The van der Waals surface area contributed by atoms with Crippen molar-refractivity contribution in [1.82, 2.24) is 0 Å². The molecule has 2 aliphatic carbocycles. The number of aryl methyl sites for hydroxylation is 2. The highest BCUT2D eigenvalue weighted by atomic mass is 16.5. The number of carbonyl (C=O) groups excluding carboxylic acids is 1. The average molecular weight is 636 g/mol. The van der Waals surface area contributed by atoms with Crippen molar-refractivity contribution in [1.29, 1.82) is 0 Å². The third kappa shape index (κ3) is 15.7. The fraction of sp³-hybridized carbons (Fsp3) is 0.628. The summed E-state index contributed by atoms with van der Waals surface area (Å²) in [5.74, 6) is 2.01. The van der Waals surface area contributed by atoms with E-state index in [2.05, 4.69) is 63.6 Å². The molecular weight excluding hydrogens is 562 g/mol. The predicted molar refractivity (Wildman–Crippen MR) is 208 cm³/mol. The number of carbonyl (C=O) groups is 1. The standard InChI is InChI=1S/C34H49NO2.C5H10.2C2H6.H2/c1-7-29-16-18-31(37-20-12-15-28-13-10-8-9-11-14-28)19-17-30(29)22-26(4)34(36)33-23-32(27(5)35-6)24(2)21-25(33)3;1-4-5(2)3;2*1-2;/h17-19,21,23,26,28H,7-16,20,22H2,1-6H3;2,4H2,1,3H3;2*1-2H3;1H. The van der Waals surface area contributed by atoms with Gasteiger partial charge in [-0.2, -0.15) is 0 Å². The monoisotopic (exact) mass is 636 g/mol. The Kier molecular flexibility index (Phi) is 23.9. The van der Waals surface area contributed by atoms with Crippen LogP contribution in [0.3, 0.4) is 0 Å². The molecule has 0 bridgehead atoms. The molecular formula is C43H73NO2. The van der Waals surface area contributed by atoms with Crippen molar-refractivity contribution in [3.05, 3.63) is 81.7 Å². The summed E-state index contributed by atoms with van der Waals surface area (Å²) in [6, 6.07) is 4.17. The summed E-state index contributed by atoms with van der Waals surface area (Å²) in [4.78, 5) is 17.9. The van der Waals surface area contributed by atoms with Crippen LogP contribution in [-0.2, 0) is 4.74 Å². The van der Waals surface area contributed by atoms with Gasteiger partial charge < -0.3 is 4.74 Å². The molecule has 262 valence electrons. The zero-order valence-electron chi connectivity index (χ0n) is 32.2. The van der Waals surface area contributed by atoms with E-state index in [1.807, 2.05) is 54.5 Å². The van der Waals surface area contributed by atoms with Crippen LogP contribution in [0.15, 0.2) is 64.4 Å². The molecule has 1 saturated carbocycles. The number of ether oxygens (including phenoxy) is 1. The quantitative estimate of drug-likeness (QED) is 0.0753. The molecule has 1 unspecified atom stereocenters. The summed E-state index contributed by atoms with van der Waals surface area (Å²) in [5.41, 5.74) is 9.01. The molecule has 1 aromatic carbocycles. The van der Waals surface area contributed by atoms with Gasteiger partial charge in [-0.3, -0.25) is 9.79 Å². The van der Waals surface area contributed by atoms with Crippen molar-refractivity contribution >= 4 is 11.5 Å². The third-order valence-electron chi connectivity index (χ3n) is 9.02. The minimum atomic E-state index is -0.0867. The molecule has 0 radical (unpaired) electrons. The summed E-state index contributed by atoms with van der Waals surface area (Å²) >= 11 is 0. The van der Waals surface area contributed by atoms with Crippen molar-refractivity contribution < 1.29 is 11.0 Å². The van der Waals surface area contributed by atoms with Crippen LogP contribution in [0.4, 0.5) is 0 Å². The van der Waals surface area contributed by atoms with Crippen LogP contribution in [0.2, 0.25) is 0 Å². The van der Waals surface area contributed by atoms with E-state index in [0.717, 1.165) is 72.8 Å². The van der Waals surface area contributed by atoms with Crippen molar-refractivity contribution in [3.63, 3.8) is 0 Å². The fourth-order valence-corrected chi connectivity index (χ4v) is 5.94. The van der Waals surface area contributed by atoms with Crippen LogP contribution < -0.4 is 0 Å². The van der Waals surface area contributed by atoms with Gasteiger partial charge in [0, 0.05) is 25.7 Å². The lowest BCUT2D eigenvalue weighted by Gasteiger charge is -2.17. The number of Topliss-reactive ketones (excluding diaryl/α,β-unsaturated/α-hetero) is 1. The van der Waals surface area contributed by atoms with Crippen LogP contribution in [0.25, 0.3) is 0 Å². The van der Waals surface area contributed by atoms with Crippen LogP contribution in [0, 0.1) is 25.7 Å². The summed E-state index contributed by atoms with van der Waals surface area (Å²) < 4.78 is 6.19. The first-order valence-electron chi connectivity index (χ1n) is 18.6. The van der Waals surface area contributed by atoms with Crippen molar-refractivity contribution in [2.75, 3.05) is 13.7 Å². The highest BCUT2D eigenvalue weighted by molar-refractivity contribution is 6.05. The molecule has 3 rings (SSSR count). The first-order chi connectivity index (χ1) is 22.1. The minimum absolute atomic E-state index is 0. The summed E-state index contributed by atoms with van der Waals surface area (Å²) in [7, 11) is 1.81. The minimum Gasteiger partial charge on any atom is -0.494 e. The van der Waals surface area contributed by atoms with Gasteiger partial charge in [-0.05, 0) is 113 Å². The lowest BCUT2D eigenvalue weighted by molar-refractivity contribution is 0.0929. The molecule has 1 fully saturated rings. The first kappa shape index (κ1) is 43.3. The lowest BCUT2D eigenvalue weighted by Crippen LogP contribution is -2.15. The van der Waals surface area contributed by atoms with Crippen LogP contribution in [0.5, 0.6) is 0 Å². The van der Waals surface area contributed by atoms with E-state index in [4.69, 9.17) is 4.74 Å². The Hall–Kier alpha value is -2.68. The van der Waals surface area contributed by atoms with Crippen molar-refractivity contribution in [3.8, 4) is 0 Å². The van der Waals surface area contributed by atoms with Crippen LogP contribution in [-0.4, -0.2) is 25.1 Å². The van der Waals surface area contributed by atoms with Gasteiger partial charge in [0.15, 0.2) is 5.78 Å². The van der Waals surface area contributed by atoms with Gasteiger partial charge in [0.05, 0.1) is 6.61 Å². The molecule has 0 N–H and O–H groups in total.